The first-order valence-corrected chi connectivity index (χ1v) is 4.86. The van der Waals surface area contributed by atoms with E-state index in [0.29, 0.717) is 6.54 Å². The SMILES string of the molecule is Cc1nc(CC(CN)CO)cs1. The second-order valence-electron chi connectivity index (χ2n) is 2.85. The van der Waals surface area contributed by atoms with Gasteiger partial charge in [-0.3, -0.25) is 0 Å². The minimum Gasteiger partial charge on any atom is -0.396 e. The largest absolute Gasteiger partial charge is 0.396 e. The van der Waals surface area contributed by atoms with Gasteiger partial charge < -0.3 is 10.8 Å². The number of aliphatic hydroxyl groups excluding tert-OH is 1. The van der Waals surface area contributed by atoms with Gasteiger partial charge in [0.05, 0.1) is 10.7 Å². The first-order chi connectivity index (χ1) is 5.76. The molecule has 0 bridgehead atoms. The molecule has 0 saturated heterocycles. The molecule has 1 heterocycles. The molecular formula is C8H14N2OS. The minimum absolute atomic E-state index is 0.146. The second-order valence-corrected chi connectivity index (χ2v) is 3.91. The molecule has 1 atom stereocenters. The van der Waals surface area contributed by atoms with Crippen LogP contribution in [0, 0.1) is 12.8 Å². The van der Waals surface area contributed by atoms with E-state index in [2.05, 4.69) is 4.98 Å². The Morgan fingerprint density at radius 3 is 2.92 bits per heavy atom. The van der Waals surface area contributed by atoms with Gasteiger partial charge in [0, 0.05) is 12.0 Å². The number of aromatic nitrogens is 1. The highest BCUT2D eigenvalue weighted by Crippen LogP contribution is 2.11. The molecule has 68 valence electrons. The molecule has 0 aliphatic heterocycles. The lowest BCUT2D eigenvalue weighted by atomic mass is 10.1. The maximum absolute atomic E-state index is 8.89. The molecule has 1 aromatic rings. The van der Waals surface area contributed by atoms with Crippen molar-refractivity contribution >= 4 is 11.3 Å². The van der Waals surface area contributed by atoms with Gasteiger partial charge in [-0.1, -0.05) is 0 Å². The van der Waals surface area contributed by atoms with E-state index >= 15 is 0 Å². The molecular weight excluding hydrogens is 172 g/mol. The molecule has 0 spiro atoms. The number of aliphatic hydroxyl groups is 1. The van der Waals surface area contributed by atoms with Crippen LogP contribution in [0.3, 0.4) is 0 Å². The number of hydrogen-bond donors (Lipinski definition) is 2. The van der Waals surface area contributed by atoms with Crippen LogP contribution in [-0.2, 0) is 6.42 Å². The van der Waals surface area contributed by atoms with Crippen LogP contribution in [0.4, 0.5) is 0 Å². The topological polar surface area (TPSA) is 59.1 Å². The lowest BCUT2D eigenvalue weighted by Crippen LogP contribution is -2.20. The first-order valence-electron chi connectivity index (χ1n) is 3.98. The number of nitrogens with two attached hydrogens (primary N) is 1. The maximum Gasteiger partial charge on any atom is 0.0897 e. The lowest BCUT2D eigenvalue weighted by Gasteiger charge is -2.07. The van der Waals surface area contributed by atoms with E-state index in [0.717, 1.165) is 17.1 Å². The summed E-state index contributed by atoms with van der Waals surface area (Å²) < 4.78 is 0. The van der Waals surface area contributed by atoms with Gasteiger partial charge in [-0.05, 0) is 25.8 Å². The Hall–Kier alpha value is -0.450. The van der Waals surface area contributed by atoms with Crippen LogP contribution in [-0.4, -0.2) is 23.2 Å². The van der Waals surface area contributed by atoms with Crippen LogP contribution in [0.25, 0.3) is 0 Å². The fourth-order valence-corrected chi connectivity index (χ4v) is 1.65. The Labute approximate surface area is 76.3 Å². The normalized spacial score (nSPS) is 13.2. The van der Waals surface area contributed by atoms with Gasteiger partial charge in [0.25, 0.3) is 0 Å². The monoisotopic (exact) mass is 186 g/mol. The van der Waals surface area contributed by atoms with Gasteiger partial charge in [0.2, 0.25) is 0 Å². The highest BCUT2D eigenvalue weighted by atomic mass is 32.1. The smallest absolute Gasteiger partial charge is 0.0897 e. The van der Waals surface area contributed by atoms with E-state index in [1.54, 1.807) is 11.3 Å². The predicted molar refractivity (Wildman–Crippen MR) is 50.2 cm³/mol. The van der Waals surface area contributed by atoms with E-state index < -0.39 is 0 Å². The maximum atomic E-state index is 8.89. The molecule has 0 amide bonds. The van der Waals surface area contributed by atoms with Crippen LogP contribution in [0.1, 0.15) is 10.7 Å². The Balaban J connectivity index is 2.50. The van der Waals surface area contributed by atoms with Crippen molar-refractivity contribution in [3.05, 3.63) is 16.1 Å². The Morgan fingerprint density at radius 2 is 2.50 bits per heavy atom. The molecule has 0 aliphatic carbocycles. The summed E-state index contributed by atoms with van der Waals surface area (Å²) in [4.78, 5) is 4.30. The number of aryl methyl sites for hydroxylation is 1. The predicted octanol–water partition coefficient (Wildman–Crippen LogP) is 0.561. The third-order valence-corrected chi connectivity index (χ3v) is 2.58. The zero-order valence-corrected chi connectivity index (χ0v) is 7.97. The van der Waals surface area contributed by atoms with Crippen molar-refractivity contribution in [2.45, 2.75) is 13.3 Å². The van der Waals surface area contributed by atoms with E-state index in [1.165, 1.54) is 0 Å². The molecule has 12 heavy (non-hydrogen) atoms. The van der Waals surface area contributed by atoms with Crippen LogP contribution < -0.4 is 5.73 Å². The zero-order chi connectivity index (χ0) is 8.97. The molecule has 1 rings (SSSR count). The molecule has 3 nitrogen and oxygen atoms in total. The Bertz CT molecular complexity index is 233. The van der Waals surface area contributed by atoms with Crippen LogP contribution in [0.5, 0.6) is 0 Å². The van der Waals surface area contributed by atoms with E-state index in [4.69, 9.17) is 10.8 Å². The van der Waals surface area contributed by atoms with Crippen molar-refractivity contribution in [2.24, 2.45) is 11.7 Å². The van der Waals surface area contributed by atoms with Gasteiger partial charge in [-0.15, -0.1) is 11.3 Å². The molecule has 0 aromatic carbocycles. The van der Waals surface area contributed by atoms with Crippen LogP contribution >= 0.6 is 11.3 Å². The molecule has 3 N–H and O–H groups in total. The minimum atomic E-state index is 0.146. The highest BCUT2D eigenvalue weighted by molar-refractivity contribution is 7.09. The standard InChI is InChI=1S/C8H14N2OS/c1-6-10-8(5-12-6)2-7(3-9)4-11/h5,7,11H,2-4,9H2,1H3. The first kappa shape index (κ1) is 9.64. The molecule has 0 saturated carbocycles. The third-order valence-electron chi connectivity index (χ3n) is 1.76. The van der Waals surface area contributed by atoms with Gasteiger partial charge >= 0.3 is 0 Å². The highest BCUT2D eigenvalue weighted by Gasteiger charge is 2.07. The molecule has 0 radical (unpaired) electrons. The summed E-state index contributed by atoms with van der Waals surface area (Å²) in [5, 5.41) is 12.0. The van der Waals surface area contributed by atoms with E-state index in [-0.39, 0.29) is 12.5 Å². The average Bonchev–Trinajstić information content (AvgIpc) is 2.47. The van der Waals surface area contributed by atoms with Crippen molar-refractivity contribution in [1.82, 2.24) is 4.98 Å². The van der Waals surface area contributed by atoms with Crippen LogP contribution in [0.15, 0.2) is 5.38 Å². The summed E-state index contributed by atoms with van der Waals surface area (Å²) in [6.45, 7) is 2.64. The molecule has 4 heteroatoms. The Kier molecular flexibility index (Phi) is 3.65. The number of hydrogen-bond acceptors (Lipinski definition) is 4. The zero-order valence-electron chi connectivity index (χ0n) is 7.16. The summed E-state index contributed by atoms with van der Waals surface area (Å²) in [7, 11) is 0. The van der Waals surface area contributed by atoms with Gasteiger partial charge in [-0.25, -0.2) is 4.98 Å². The third kappa shape index (κ3) is 2.55. The van der Waals surface area contributed by atoms with Crippen molar-refractivity contribution < 1.29 is 5.11 Å². The van der Waals surface area contributed by atoms with Crippen molar-refractivity contribution in [1.29, 1.82) is 0 Å². The van der Waals surface area contributed by atoms with Gasteiger partial charge in [0.1, 0.15) is 0 Å². The Morgan fingerprint density at radius 1 is 1.75 bits per heavy atom. The lowest BCUT2D eigenvalue weighted by molar-refractivity contribution is 0.229. The number of rotatable bonds is 4. The fraction of sp³-hybridized carbons (Fsp3) is 0.625. The quantitative estimate of drug-likeness (QED) is 0.722. The second kappa shape index (κ2) is 4.54. The van der Waals surface area contributed by atoms with Crippen molar-refractivity contribution in [2.75, 3.05) is 13.2 Å². The van der Waals surface area contributed by atoms with E-state index in [9.17, 15) is 0 Å². The van der Waals surface area contributed by atoms with Crippen molar-refractivity contribution in [3.63, 3.8) is 0 Å². The van der Waals surface area contributed by atoms with Gasteiger partial charge in [-0.2, -0.15) is 0 Å². The number of thiazole rings is 1. The fourth-order valence-electron chi connectivity index (χ4n) is 1.02. The molecule has 1 unspecified atom stereocenters. The summed E-state index contributed by atoms with van der Waals surface area (Å²) in [6.07, 6.45) is 0.789. The van der Waals surface area contributed by atoms with Crippen molar-refractivity contribution in [3.8, 4) is 0 Å². The summed E-state index contributed by atoms with van der Waals surface area (Å²) in [5.41, 5.74) is 6.50. The summed E-state index contributed by atoms with van der Waals surface area (Å²) >= 11 is 1.63. The van der Waals surface area contributed by atoms with E-state index in [1.807, 2.05) is 12.3 Å². The van der Waals surface area contributed by atoms with Gasteiger partial charge in [0.15, 0.2) is 0 Å². The summed E-state index contributed by atoms with van der Waals surface area (Å²) in [5.74, 6) is 0.159. The van der Waals surface area contributed by atoms with Crippen LogP contribution in [0.2, 0.25) is 0 Å². The average molecular weight is 186 g/mol. The molecule has 1 aromatic heterocycles. The molecule has 0 aliphatic rings. The molecule has 0 fully saturated rings. The summed E-state index contributed by atoms with van der Waals surface area (Å²) in [6, 6.07) is 0. The number of nitrogens with zero attached hydrogens (tertiary/aromatic N) is 1.